The van der Waals surface area contributed by atoms with E-state index in [0.29, 0.717) is 44.3 Å². The summed E-state index contributed by atoms with van der Waals surface area (Å²) in [5.41, 5.74) is 1.13. The van der Waals surface area contributed by atoms with Gasteiger partial charge in [-0.3, -0.25) is 9.59 Å². The van der Waals surface area contributed by atoms with Gasteiger partial charge >= 0.3 is 0 Å². The van der Waals surface area contributed by atoms with Crippen molar-refractivity contribution in [3.05, 3.63) is 62.1 Å². The van der Waals surface area contributed by atoms with E-state index in [0.717, 1.165) is 32.1 Å². The monoisotopic (exact) mass is 474 g/mol. The molecule has 2 amide bonds. The fraction of sp³-hybridized carbons (Fsp3) is 0.333. The molecule has 0 saturated heterocycles. The lowest BCUT2D eigenvalue weighted by molar-refractivity contribution is -0.116. The molecule has 0 atom stereocenters. The Morgan fingerprint density at radius 2 is 1.34 bits per heavy atom. The molecule has 0 aromatic heterocycles. The molecule has 156 valence electrons. The quantitative estimate of drug-likeness (QED) is 0.363. The summed E-state index contributed by atoms with van der Waals surface area (Å²) in [6.45, 7) is 0.594. The van der Waals surface area contributed by atoms with Crippen molar-refractivity contribution in [1.29, 1.82) is 0 Å². The Kier molecular flexibility index (Phi) is 10.1. The Morgan fingerprint density at radius 1 is 0.724 bits per heavy atom. The number of halogens is 4. The van der Waals surface area contributed by atoms with Crippen LogP contribution in [-0.4, -0.2) is 18.4 Å². The highest BCUT2D eigenvalue weighted by atomic mass is 35.5. The molecule has 0 unspecified atom stereocenters. The third kappa shape index (κ3) is 8.43. The van der Waals surface area contributed by atoms with Crippen molar-refractivity contribution in [2.24, 2.45) is 0 Å². The lowest BCUT2D eigenvalue weighted by Gasteiger charge is -2.07. The van der Waals surface area contributed by atoms with Gasteiger partial charge in [-0.1, -0.05) is 65.7 Å². The van der Waals surface area contributed by atoms with Crippen LogP contribution < -0.4 is 10.6 Å². The van der Waals surface area contributed by atoms with Gasteiger partial charge in [0.05, 0.1) is 20.1 Å². The highest BCUT2D eigenvalue weighted by Gasteiger charge is 2.07. The van der Waals surface area contributed by atoms with Gasteiger partial charge in [0, 0.05) is 24.2 Å². The molecular weight excluding hydrogens is 454 g/mol. The molecule has 0 bridgehead atoms. The zero-order valence-electron chi connectivity index (χ0n) is 15.7. The van der Waals surface area contributed by atoms with Gasteiger partial charge in [0.2, 0.25) is 5.91 Å². The van der Waals surface area contributed by atoms with E-state index >= 15 is 0 Å². The lowest BCUT2D eigenvalue weighted by Crippen LogP contribution is -2.24. The number of carbonyl (C=O) groups excluding carboxylic acids is 2. The molecule has 2 N–H and O–H groups in total. The van der Waals surface area contributed by atoms with E-state index < -0.39 is 0 Å². The average Bonchev–Trinajstić information content (AvgIpc) is 2.68. The van der Waals surface area contributed by atoms with E-state index in [4.69, 9.17) is 46.4 Å². The van der Waals surface area contributed by atoms with Crippen LogP contribution in [0.1, 0.15) is 48.9 Å². The Morgan fingerprint density at radius 3 is 2.03 bits per heavy atom. The Labute approximate surface area is 190 Å². The molecule has 4 nitrogen and oxygen atoms in total. The van der Waals surface area contributed by atoms with E-state index in [9.17, 15) is 9.59 Å². The van der Waals surface area contributed by atoms with Gasteiger partial charge < -0.3 is 10.6 Å². The number of nitrogens with one attached hydrogen (secondary N) is 2. The predicted octanol–water partition coefficient (Wildman–Crippen LogP) is 7.01. The summed E-state index contributed by atoms with van der Waals surface area (Å²) in [5.74, 6) is -0.209. The summed E-state index contributed by atoms with van der Waals surface area (Å²) < 4.78 is 0. The van der Waals surface area contributed by atoms with Crippen molar-refractivity contribution in [3.63, 3.8) is 0 Å². The first-order chi connectivity index (χ1) is 13.9. The standard InChI is InChI=1S/C21H22Cl4N2O2/c22-16-9-7-14(12-18(16)24)21(29)26-11-5-3-1-2-4-6-20(28)27-15-8-10-17(23)19(25)13-15/h7-10,12-13H,1-6,11H2,(H,26,29)(H,27,28). The molecule has 0 aliphatic rings. The number of hydrogen-bond acceptors (Lipinski definition) is 2. The first kappa shape index (κ1) is 23.8. The maximum Gasteiger partial charge on any atom is 0.251 e. The summed E-state index contributed by atoms with van der Waals surface area (Å²) in [5, 5.41) is 7.33. The van der Waals surface area contributed by atoms with Gasteiger partial charge in [-0.25, -0.2) is 0 Å². The van der Waals surface area contributed by atoms with E-state index in [1.54, 1.807) is 36.4 Å². The number of unbranched alkanes of at least 4 members (excludes halogenated alkanes) is 4. The normalized spacial score (nSPS) is 10.6. The molecular formula is C21H22Cl4N2O2. The summed E-state index contributed by atoms with van der Waals surface area (Å²) >= 11 is 23.6. The second-order valence-corrected chi connectivity index (χ2v) is 8.21. The van der Waals surface area contributed by atoms with Crippen LogP contribution in [0.3, 0.4) is 0 Å². The summed E-state index contributed by atoms with van der Waals surface area (Å²) in [7, 11) is 0. The Hall–Kier alpha value is -1.46. The molecule has 0 aliphatic carbocycles. The minimum absolute atomic E-state index is 0.0442. The maximum absolute atomic E-state index is 12.0. The SMILES string of the molecule is O=C(CCCCCCCNC(=O)c1ccc(Cl)c(Cl)c1)Nc1ccc(Cl)c(Cl)c1. The van der Waals surface area contributed by atoms with E-state index in [-0.39, 0.29) is 11.8 Å². The first-order valence-electron chi connectivity index (χ1n) is 9.35. The van der Waals surface area contributed by atoms with Crippen LogP contribution in [0.15, 0.2) is 36.4 Å². The Balaban J connectivity index is 1.53. The third-order valence-corrected chi connectivity index (χ3v) is 5.73. The second-order valence-electron chi connectivity index (χ2n) is 6.58. The summed E-state index contributed by atoms with van der Waals surface area (Å²) in [6, 6.07) is 9.82. The van der Waals surface area contributed by atoms with Crippen molar-refractivity contribution >= 4 is 63.9 Å². The largest absolute Gasteiger partial charge is 0.352 e. The van der Waals surface area contributed by atoms with Crippen molar-refractivity contribution in [1.82, 2.24) is 5.32 Å². The molecule has 0 spiro atoms. The van der Waals surface area contributed by atoms with Crippen LogP contribution in [0.2, 0.25) is 20.1 Å². The van der Waals surface area contributed by atoms with Crippen molar-refractivity contribution < 1.29 is 9.59 Å². The summed E-state index contributed by atoms with van der Waals surface area (Å²) in [4.78, 5) is 24.0. The topological polar surface area (TPSA) is 58.2 Å². The van der Waals surface area contributed by atoms with Crippen LogP contribution in [0.5, 0.6) is 0 Å². The average molecular weight is 476 g/mol. The molecule has 29 heavy (non-hydrogen) atoms. The number of benzene rings is 2. The van der Waals surface area contributed by atoms with Gasteiger partial charge in [-0.05, 0) is 49.2 Å². The highest BCUT2D eigenvalue weighted by Crippen LogP contribution is 2.25. The van der Waals surface area contributed by atoms with Crippen molar-refractivity contribution in [2.75, 3.05) is 11.9 Å². The van der Waals surface area contributed by atoms with Gasteiger partial charge in [0.25, 0.3) is 5.91 Å². The Bertz CT molecular complexity index is 859. The van der Waals surface area contributed by atoms with Crippen LogP contribution in [0.4, 0.5) is 5.69 Å². The smallest absolute Gasteiger partial charge is 0.251 e. The highest BCUT2D eigenvalue weighted by molar-refractivity contribution is 6.42. The minimum Gasteiger partial charge on any atom is -0.352 e. The van der Waals surface area contributed by atoms with E-state index in [1.807, 2.05) is 0 Å². The van der Waals surface area contributed by atoms with Crippen LogP contribution in [0.25, 0.3) is 0 Å². The van der Waals surface area contributed by atoms with E-state index in [1.165, 1.54) is 0 Å². The summed E-state index contributed by atoms with van der Waals surface area (Å²) in [6.07, 6.45) is 5.08. The molecule has 0 aliphatic heterocycles. The molecule has 2 aromatic carbocycles. The molecule has 8 heteroatoms. The number of anilines is 1. The van der Waals surface area contributed by atoms with Gasteiger partial charge in [-0.15, -0.1) is 0 Å². The van der Waals surface area contributed by atoms with Crippen LogP contribution in [0, 0.1) is 0 Å². The van der Waals surface area contributed by atoms with E-state index in [2.05, 4.69) is 10.6 Å². The van der Waals surface area contributed by atoms with Crippen LogP contribution in [-0.2, 0) is 4.79 Å². The molecule has 0 fully saturated rings. The second kappa shape index (κ2) is 12.3. The number of rotatable bonds is 10. The van der Waals surface area contributed by atoms with Gasteiger partial charge in [-0.2, -0.15) is 0 Å². The first-order valence-corrected chi connectivity index (χ1v) is 10.9. The lowest BCUT2D eigenvalue weighted by atomic mass is 10.1. The molecule has 0 heterocycles. The van der Waals surface area contributed by atoms with Crippen LogP contribution >= 0.6 is 46.4 Å². The van der Waals surface area contributed by atoms with Gasteiger partial charge in [0.15, 0.2) is 0 Å². The number of hydrogen-bond donors (Lipinski definition) is 2. The zero-order valence-corrected chi connectivity index (χ0v) is 18.8. The molecule has 0 saturated carbocycles. The number of carbonyl (C=O) groups is 2. The van der Waals surface area contributed by atoms with Crippen molar-refractivity contribution in [3.8, 4) is 0 Å². The predicted molar refractivity (Wildman–Crippen MR) is 122 cm³/mol. The zero-order chi connectivity index (χ0) is 21.2. The molecule has 2 rings (SSSR count). The van der Waals surface area contributed by atoms with Gasteiger partial charge in [0.1, 0.15) is 0 Å². The third-order valence-electron chi connectivity index (χ3n) is 4.25. The molecule has 0 radical (unpaired) electrons. The van der Waals surface area contributed by atoms with Crippen molar-refractivity contribution in [2.45, 2.75) is 38.5 Å². The fourth-order valence-corrected chi connectivity index (χ4v) is 3.28. The molecule has 2 aromatic rings. The maximum atomic E-state index is 12.0. The number of amides is 2. The fourth-order valence-electron chi connectivity index (χ4n) is 2.68. The minimum atomic E-state index is -0.164.